The number of carbonyl (C=O) groups excluding carboxylic acids is 5. The molecule has 50 heavy (non-hydrogen) atoms. The molecule has 1 aliphatic heterocycles. The van der Waals surface area contributed by atoms with Crippen LogP contribution in [0, 0.1) is 5.92 Å². The largest absolute Gasteiger partial charge is 0.507 e. The van der Waals surface area contributed by atoms with Crippen LogP contribution in [0.5, 0.6) is 28.7 Å². The third kappa shape index (κ3) is 6.25. The van der Waals surface area contributed by atoms with Crippen molar-refractivity contribution in [3.05, 3.63) is 81.6 Å². The number of allylic oxidation sites excluding steroid dienone is 1. The first-order valence-electron chi connectivity index (χ1n) is 15.3. The molecule has 3 aromatic carbocycles. The van der Waals surface area contributed by atoms with Crippen LogP contribution in [0.4, 0.5) is 5.69 Å². The fraction of sp³-hybridized carbons (Fsp3) is 0.286. The normalized spacial score (nSPS) is 18.6. The van der Waals surface area contributed by atoms with Crippen LogP contribution in [0.25, 0.3) is 0 Å². The Morgan fingerprint density at radius 3 is 2.26 bits per heavy atom. The number of anilines is 1. The lowest BCUT2D eigenvalue weighted by atomic mass is 9.69. The first-order valence-corrected chi connectivity index (χ1v) is 15.6. The van der Waals surface area contributed by atoms with Crippen LogP contribution in [0.3, 0.4) is 0 Å². The second kappa shape index (κ2) is 14.0. The van der Waals surface area contributed by atoms with E-state index in [2.05, 4.69) is 10.6 Å². The summed E-state index contributed by atoms with van der Waals surface area (Å²) in [4.78, 5) is 65.5. The lowest BCUT2D eigenvalue weighted by Gasteiger charge is -2.38. The second-order valence-electron chi connectivity index (χ2n) is 11.7. The molecule has 5 rings (SSSR count). The predicted molar refractivity (Wildman–Crippen MR) is 179 cm³/mol. The van der Waals surface area contributed by atoms with Crippen LogP contribution in [-0.4, -0.2) is 73.0 Å². The Kier molecular flexibility index (Phi) is 9.95. The van der Waals surface area contributed by atoms with Gasteiger partial charge in [-0.25, -0.2) is 0 Å². The lowest BCUT2D eigenvalue weighted by Crippen LogP contribution is -2.53. The molecule has 262 valence electrons. The van der Waals surface area contributed by atoms with Gasteiger partial charge in [0, 0.05) is 47.6 Å². The highest BCUT2D eigenvalue weighted by Gasteiger charge is 2.61. The molecule has 0 saturated carbocycles. The molecule has 0 aromatic heterocycles. The van der Waals surface area contributed by atoms with Gasteiger partial charge in [0.15, 0.2) is 28.8 Å². The fourth-order valence-corrected chi connectivity index (χ4v) is 6.46. The third-order valence-electron chi connectivity index (χ3n) is 8.75. The maximum Gasteiger partial charge on any atom is 0.248 e. The summed E-state index contributed by atoms with van der Waals surface area (Å²) in [5.41, 5.74) is 3.66. The second-order valence-corrected chi connectivity index (χ2v) is 12.1. The Bertz CT molecular complexity index is 1940. The Balaban J connectivity index is 1.51. The number of Topliss-reactive ketones (excluding diaryl/α,β-unsaturated/α-hetero) is 2. The van der Waals surface area contributed by atoms with Gasteiger partial charge in [-0.3, -0.25) is 24.0 Å². The summed E-state index contributed by atoms with van der Waals surface area (Å²) in [6.45, 7) is 1.09. The number of phenols is 1. The summed E-state index contributed by atoms with van der Waals surface area (Å²) >= 11 is 6.55. The number of halogens is 1. The van der Waals surface area contributed by atoms with Crippen LogP contribution in [0.2, 0.25) is 5.02 Å². The molecule has 1 unspecified atom stereocenters. The number of phenolic OH excluding ortho intramolecular Hbond substituents is 1. The van der Waals surface area contributed by atoms with E-state index >= 15 is 0 Å². The first-order chi connectivity index (χ1) is 23.8. The van der Waals surface area contributed by atoms with Gasteiger partial charge in [-0.2, -0.15) is 0 Å². The summed E-state index contributed by atoms with van der Waals surface area (Å²) < 4.78 is 22.2. The fourth-order valence-electron chi connectivity index (χ4n) is 6.20. The Morgan fingerprint density at radius 2 is 1.64 bits per heavy atom. The van der Waals surface area contributed by atoms with Crippen LogP contribution in [0.15, 0.2) is 59.9 Å². The zero-order chi connectivity index (χ0) is 36.5. The van der Waals surface area contributed by atoms with E-state index < -0.39 is 65.4 Å². The Hall–Kier alpha value is -5.76. The van der Waals surface area contributed by atoms with E-state index in [-0.39, 0.29) is 62.5 Å². The molecule has 0 radical (unpaired) electrons. The molecule has 2 aliphatic rings. The number of nitrogens with one attached hydrogen (secondary N) is 2. The van der Waals surface area contributed by atoms with E-state index in [1.54, 1.807) is 6.92 Å². The molecule has 1 heterocycles. The molecule has 1 spiro atoms. The average Bonchev–Trinajstić information content (AvgIpc) is 3.41. The number of primary amides is 1. The molecule has 14 nitrogen and oxygen atoms in total. The number of aliphatic hydroxyl groups is 1. The minimum absolute atomic E-state index is 0.0188. The number of rotatable bonds is 11. The molecule has 6 N–H and O–H groups in total. The number of amides is 3. The van der Waals surface area contributed by atoms with Crippen molar-refractivity contribution in [2.75, 3.05) is 33.2 Å². The summed E-state index contributed by atoms with van der Waals surface area (Å²) in [5, 5.41) is 27.4. The van der Waals surface area contributed by atoms with Crippen LogP contribution < -0.4 is 35.3 Å². The predicted octanol–water partition coefficient (Wildman–Crippen LogP) is 3.83. The molecule has 3 aromatic rings. The van der Waals surface area contributed by atoms with Crippen molar-refractivity contribution in [3.63, 3.8) is 0 Å². The molecular weight excluding hydrogens is 674 g/mol. The van der Waals surface area contributed by atoms with Gasteiger partial charge < -0.3 is 45.5 Å². The summed E-state index contributed by atoms with van der Waals surface area (Å²) in [7, 11) is 4.02. The van der Waals surface area contributed by atoms with E-state index in [0.29, 0.717) is 5.69 Å². The average molecular weight is 708 g/mol. The smallest absolute Gasteiger partial charge is 0.248 e. The van der Waals surface area contributed by atoms with Crippen molar-refractivity contribution in [1.82, 2.24) is 5.32 Å². The van der Waals surface area contributed by atoms with Crippen LogP contribution >= 0.6 is 11.6 Å². The van der Waals surface area contributed by atoms with Gasteiger partial charge in [0.2, 0.25) is 29.1 Å². The topological polar surface area (TPSA) is 213 Å². The van der Waals surface area contributed by atoms with E-state index in [4.69, 9.17) is 36.3 Å². The van der Waals surface area contributed by atoms with E-state index in [1.807, 2.05) is 0 Å². The van der Waals surface area contributed by atoms with E-state index in [0.717, 1.165) is 0 Å². The van der Waals surface area contributed by atoms with E-state index in [1.165, 1.54) is 69.9 Å². The molecule has 15 heteroatoms. The SMILES string of the molecule is COc1cc(C(CC(=O)NCC(=O)Nc2ccc(C(N)=O)cc2)C2=C(O)[C@@]3(Oc4c(Cl)c(OC)cc(OC)c4C3=O)[C@H](C)CC2=O)ccc1O. The van der Waals surface area contributed by atoms with Gasteiger partial charge in [-0.1, -0.05) is 24.6 Å². The van der Waals surface area contributed by atoms with Crippen molar-refractivity contribution in [1.29, 1.82) is 0 Å². The Morgan fingerprint density at radius 1 is 0.980 bits per heavy atom. The van der Waals surface area contributed by atoms with Gasteiger partial charge in [-0.15, -0.1) is 0 Å². The van der Waals surface area contributed by atoms with Crippen molar-refractivity contribution in [3.8, 4) is 28.7 Å². The van der Waals surface area contributed by atoms with Gasteiger partial charge in [0.1, 0.15) is 22.1 Å². The minimum Gasteiger partial charge on any atom is -0.507 e. The highest BCUT2D eigenvalue weighted by Crippen LogP contribution is 2.56. The van der Waals surface area contributed by atoms with Crippen molar-refractivity contribution in [2.24, 2.45) is 11.7 Å². The molecular formula is C35H34ClN3O11. The number of nitrogens with two attached hydrogens (primary N) is 1. The van der Waals surface area contributed by atoms with Gasteiger partial charge >= 0.3 is 0 Å². The zero-order valence-corrected chi connectivity index (χ0v) is 28.2. The molecule has 0 fully saturated rings. The number of aromatic hydroxyl groups is 1. The maximum absolute atomic E-state index is 14.3. The minimum atomic E-state index is -2.12. The summed E-state index contributed by atoms with van der Waals surface area (Å²) in [6, 6.07) is 11.3. The number of carbonyl (C=O) groups is 5. The summed E-state index contributed by atoms with van der Waals surface area (Å²) in [5.74, 6) is -6.11. The third-order valence-corrected chi connectivity index (χ3v) is 9.11. The van der Waals surface area contributed by atoms with Crippen LogP contribution in [0.1, 0.15) is 52.0 Å². The number of aliphatic hydroxyl groups excluding tert-OH is 1. The lowest BCUT2D eigenvalue weighted by molar-refractivity contribution is -0.124. The standard InChI is InChI=1S/C35H34ClN3O11/c1-16-11-22(41)28(32(44)35(16)33(45)29-24(48-3)14-25(49-4)30(36)31(29)50-35)20(18-7-10-21(40)23(12-18)47-2)13-26(42)38-15-27(43)39-19-8-5-17(6-9-19)34(37)46/h5-10,12,14,16,20,40,44H,11,13,15H2,1-4H3,(H2,37,46)(H,38,42)(H,39,43)/t16-,20?,35+/m1/s1. The number of fused-ring (bicyclic) bond motifs is 1. The molecule has 0 bridgehead atoms. The van der Waals surface area contributed by atoms with E-state index in [9.17, 15) is 34.2 Å². The highest BCUT2D eigenvalue weighted by atomic mass is 35.5. The Labute approximate surface area is 291 Å². The number of ether oxygens (including phenoxy) is 4. The number of ketones is 2. The molecule has 0 saturated heterocycles. The highest BCUT2D eigenvalue weighted by molar-refractivity contribution is 6.35. The van der Waals surface area contributed by atoms with Crippen molar-refractivity contribution in [2.45, 2.75) is 31.3 Å². The monoisotopic (exact) mass is 707 g/mol. The number of hydrogen-bond donors (Lipinski definition) is 5. The van der Waals surface area contributed by atoms with Gasteiger partial charge in [0.25, 0.3) is 0 Å². The summed E-state index contributed by atoms with van der Waals surface area (Å²) in [6.07, 6.45) is -0.746. The van der Waals surface area contributed by atoms with Crippen molar-refractivity contribution < 1.29 is 53.1 Å². The van der Waals surface area contributed by atoms with Crippen molar-refractivity contribution >= 4 is 46.6 Å². The van der Waals surface area contributed by atoms with Gasteiger partial charge in [0.05, 0.1) is 27.9 Å². The first kappa shape index (κ1) is 35.5. The molecule has 1 aliphatic carbocycles. The molecule has 3 amide bonds. The number of benzene rings is 3. The number of methoxy groups -OCH3 is 3. The quantitative estimate of drug-likeness (QED) is 0.193. The van der Waals surface area contributed by atoms with Gasteiger partial charge in [-0.05, 0) is 42.0 Å². The zero-order valence-electron chi connectivity index (χ0n) is 27.4. The maximum atomic E-state index is 14.3. The number of hydrogen-bond acceptors (Lipinski definition) is 11. The van der Waals surface area contributed by atoms with Crippen LogP contribution in [-0.2, 0) is 14.4 Å². The molecule has 3 atom stereocenters.